The van der Waals surface area contributed by atoms with E-state index in [0.717, 1.165) is 42.0 Å². The predicted octanol–water partition coefficient (Wildman–Crippen LogP) is 4.60. The molecule has 1 atom stereocenters. The monoisotopic (exact) mass is 481 g/mol. The summed E-state index contributed by atoms with van der Waals surface area (Å²) < 4.78 is 11.7. The molecule has 0 saturated carbocycles. The second kappa shape index (κ2) is 10.2. The Kier molecular flexibility index (Phi) is 6.62. The molecule has 7 heteroatoms. The minimum Gasteiger partial charge on any atom is -0.493 e. The summed E-state index contributed by atoms with van der Waals surface area (Å²) in [4.78, 5) is 10.7. The zero-order valence-corrected chi connectivity index (χ0v) is 20.6. The van der Waals surface area contributed by atoms with Crippen molar-refractivity contribution in [2.75, 3.05) is 37.1 Å². The third-order valence-corrected chi connectivity index (χ3v) is 6.82. The topological polar surface area (TPSA) is 99.5 Å². The zero-order chi connectivity index (χ0) is 25.1. The van der Waals surface area contributed by atoms with Crippen molar-refractivity contribution in [3.05, 3.63) is 101 Å². The van der Waals surface area contributed by atoms with Crippen molar-refractivity contribution in [3.63, 3.8) is 0 Å². The van der Waals surface area contributed by atoms with Crippen LogP contribution in [0.3, 0.4) is 0 Å². The third kappa shape index (κ3) is 4.64. The highest BCUT2D eigenvalue weighted by Gasteiger charge is 2.31. The van der Waals surface area contributed by atoms with Gasteiger partial charge in [-0.15, -0.1) is 0 Å². The Morgan fingerprint density at radius 3 is 2.47 bits per heavy atom. The van der Waals surface area contributed by atoms with Crippen molar-refractivity contribution >= 4 is 17.5 Å². The van der Waals surface area contributed by atoms with E-state index in [1.165, 1.54) is 16.7 Å². The van der Waals surface area contributed by atoms with Crippen LogP contribution in [-0.2, 0) is 19.3 Å². The van der Waals surface area contributed by atoms with Crippen LogP contribution in [0.4, 0.5) is 17.5 Å². The lowest BCUT2D eigenvalue weighted by molar-refractivity contribution is 0.353. The van der Waals surface area contributed by atoms with Crippen molar-refractivity contribution in [2.24, 2.45) is 0 Å². The highest BCUT2D eigenvalue weighted by Crippen LogP contribution is 2.45. The predicted molar refractivity (Wildman–Crippen MR) is 144 cm³/mol. The van der Waals surface area contributed by atoms with Crippen LogP contribution in [0.25, 0.3) is 0 Å². The standard InChI is InChI=1S/C29H31N5O2/c1-35-26-17-20(14-22-18-32-29(31)33-28(22)30)16-25(27(26)36-2)34-13-12-21-10-6-7-11-23(21)24(34)15-19-8-4-3-5-9-19/h3-11,16-18,24H,12-15H2,1-2H3,(H4,30,31,32,33). The lowest BCUT2D eigenvalue weighted by atomic mass is 9.88. The fraction of sp³-hybridized carbons (Fsp3) is 0.241. The second-order valence-corrected chi connectivity index (χ2v) is 9.01. The molecule has 3 aromatic carbocycles. The van der Waals surface area contributed by atoms with Crippen molar-refractivity contribution < 1.29 is 9.47 Å². The number of aromatic nitrogens is 2. The first-order valence-electron chi connectivity index (χ1n) is 12.1. The van der Waals surface area contributed by atoms with Crippen molar-refractivity contribution in [3.8, 4) is 11.5 Å². The number of benzene rings is 3. The lowest BCUT2D eigenvalue weighted by Gasteiger charge is -2.40. The molecule has 4 aromatic rings. The number of anilines is 3. The van der Waals surface area contributed by atoms with Gasteiger partial charge in [0.2, 0.25) is 5.95 Å². The number of fused-ring (bicyclic) bond motifs is 1. The van der Waals surface area contributed by atoms with Gasteiger partial charge in [0.25, 0.3) is 0 Å². The average Bonchev–Trinajstić information content (AvgIpc) is 2.90. The Hall–Kier alpha value is -4.26. The summed E-state index contributed by atoms with van der Waals surface area (Å²) in [5.74, 6) is 1.95. The number of ether oxygens (including phenoxy) is 2. The van der Waals surface area contributed by atoms with Crippen molar-refractivity contribution in [2.45, 2.75) is 25.3 Å². The SMILES string of the molecule is COc1cc(Cc2cnc(N)nc2N)cc(N2CCc3ccccc3C2Cc2ccccc2)c1OC. The number of nitrogen functional groups attached to an aromatic ring is 2. The molecule has 2 heterocycles. The quantitative estimate of drug-likeness (QED) is 0.398. The average molecular weight is 482 g/mol. The molecule has 0 radical (unpaired) electrons. The van der Waals surface area contributed by atoms with Gasteiger partial charge in [-0.05, 0) is 47.2 Å². The van der Waals surface area contributed by atoms with E-state index in [1.807, 2.05) is 6.07 Å². The Morgan fingerprint density at radius 1 is 0.944 bits per heavy atom. The maximum absolute atomic E-state index is 6.14. The largest absolute Gasteiger partial charge is 0.493 e. The molecular weight excluding hydrogens is 450 g/mol. The lowest BCUT2D eigenvalue weighted by Crippen LogP contribution is -2.37. The summed E-state index contributed by atoms with van der Waals surface area (Å²) in [7, 11) is 3.36. The van der Waals surface area contributed by atoms with E-state index in [0.29, 0.717) is 18.0 Å². The van der Waals surface area contributed by atoms with E-state index >= 15 is 0 Å². The number of rotatable bonds is 7. The van der Waals surface area contributed by atoms with E-state index in [-0.39, 0.29) is 12.0 Å². The highest BCUT2D eigenvalue weighted by molar-refractivity contribution is 5.69. The van der Waals surface area contributed by atoms with Gasteiger partial charge in [-0.25, -0.2) is 4.98 Å². The molecule has 1 aliphatic heterocycles. The molecule has 1 aliphatic rings. The minimum absolute atomic E-state index is 0.149. The molecule has 1 unspecified atom stereocenters. The van der Waals surface area contributed by atoms with Gasteiger partial charge < -0.3 is 25.8 Å². The molecule has 36 heavy (non-hydrogen) atoms. The summed E-state index contributed by atoms with van der Waals surface area (Å²) in [6.45, 7) is 0.866. The Labute approximate surface area is 211 Å². The van der Waals surface area contributed by atoms with Crippen LogP contribution in [0.1, 0.15) is 33.9 Å². The van der Waals surface area contributed by atoms with Gasteiger partial charge in [0.15, 0.2) is 11.5 Å². The van der Waals surface area contributed by atoms with Gasteiger partial charge in [0.05, 0.1) is 25.9 Å². The van der Waals surface area contributed by atoms with Crippen LogP contribution in [-0.4, -0.2) is 30.7 Å². The minimum atomic E-state index is 0.149. The van der Waals surface area contributed by atoms with Crippen LogP contribution in [0.15, 0.2) is 72.9 Å². The molecule has 0 fully saturated rings. The number of hydrogen-bond donors (Lipinski definition) is 2. The molecule has 1 aromatic heterocycles. The zero-order valence-electron chi connectivity index (χ0n) is 20.6. The van der Waals surface area contributed by atoms with E-state index in [2.05, 4.69) is 75.5 Å². The van der Waals surface area contributed by atoms with E-state index < -0.39 is 0 Å². The van der Waals surface area contributed by atoms with Crippen LogP contribution >= 0.6 is 0 Å². The smallest absolute Gasteiger partial charge is 0.221 e. The van der Waals surface area contributed by atoms with Gasteiger partial charge in [0, 0.05) is 24.7 Å². The number of nitrogens with two attached hydrogens (primary N) is 2. The molecule has 184 valence electrons. The number of methoxy groups -OCH3 is 2. The first-order valence-corrected chi connectivity index (χ1v) is 12.1. The molecule has 0 spiro atoms. The third-order valence-electron chi connectivity index (χ3n) is 6.82. The maximum Gasteiger partial charge on any atom is 0.221 e. The van der Waals surface area contributed by atoms with Gasteiger partial charge in [-0.2, -0.15) is 4.98 Å². The van der Waals surface area contributed by atoms with Crippen LogP contribution < -0.4 is 25.8 Å². The number of hydrogen-bond acceptors (Lipinski definition) is 7. The molecule has 0 aliphatic carbocycles. The molecule has 7 nitrogen and oxygen atoms in total. The van der Waals surface area contributed by atoms with Crippen LogP contribution in [0.5, 0.6) is 11.5 Å². The van der Waals surface area contributed by atoms with E-state index in [4.69, 9.17) is 20.9 Å². The van der Waals surface area contributed by atoms with Crippen molar-refractivity contribution in [1.82, 2.24) is 9.97 Å². The Bertz CT molecular complexity index is 1360. The van der Waals surface area contributed by atoms with E-state index in [9.17, 15) is 0 Å². The van der Waals surface area contributed by atoms with E-state index in [1.54, 1.807) is 20.4 Å². The normalized spacial score (nSPS) is 14.8. The molecule has 0 saturated heterocycles. The molecular formula is C29H31N5O2. The van der Waals surface area contributed by atoms with Crippen LogP contribution in [0, 0.1) is 0 Å². The van der Waals surface area contributed by atoms with Crippen molar-refractivity contribution in [1.29, 1.82) is 0 Å². The summed E-state index contributed by atoms with van der Waals surface area (Å²) >= 11 is 0. The van der Waals surface area contributed by atoms with Gasteiger partial charge >= 0.3 is 0 Å². The van der Waals surface area contributed by atoms with Gasteiger partial charge in [-0.1, -0.05) is 54.6 Å². The maximum atomic E-state index is 6.14. The molecule has 0 amide bonds. The summed E-state index contributed by atoms with van der Waals surface area (Å²) in [5, 5.41) is 0. The Morgan fingerprint density at radius 2 is 1.72 bits per heavy atom. The second-order valence-electron chi connectivity index (χ2n) is 9.01. The first-order chi connectivity index (χ1) is 17.6. The molecule has 0 bridgehead atoms. The molecule has 4 N–H and O–H groups in total. The summed E-state index contributed by atoms with van der Waals surface area (Å²) in [6.07, 6.45) is 4.07. The van der Waals surface area contributed by atoms with Gasteiger partial charge in [-0.3, -0.25) is 0 Å². The highest BCUT2D eigenvalue weighted by atomic mass is 16.5. The first kappa shape index (κ1) is 23.5. The number of nitrogens with zero attached hydrogens (tertiary/aromatic N) is 3. The van der Waals surface area contributed by atoms with Gasteiger partial charge in [0.1, 0.15) is 5.82 Å². The van der Waals surface area contributed by atoms with Crippen LogP contribution in [0.2, 0.25) is 0 Å². The fourth-order valence-electron chi connectivity index (χ4n) is 5.10. The molecule has 5 rings (SSSR count). The summed E-state index contributed by atoms with van der Waals surface area (Å²) in [5.41, 5.74) is 18.7. The summed E-state index contributed by atoms with van der Waals surface area (Å²) in [6, 6.07) is 23.7. The Balaban J connectivity index is 1.60. The fourth-order valence-corrected chi connectivity index (χ4v) is 5.10.